The minimum atomic E-state index is 0.635. The molecule has 0 fully saturated rings. The first-order chi connectivity index (χ1) is 6.33. The van der Waals surface area contributed by atoms with Crippen molar-refractivity contribution in [2.45, 2.75) is 25.7 Å². The van der Waals surface area contributed by atoms with Crippen molar-refractivity contribution >= 4 is 22.2 Å². The zero-order valence-electron chi connectivity index (χ0n) is 7.24. The zero-order valence-corrected chi connectivity index (χ0v) is 8.83. The summed E-state index contributed by atoms with van der Waals surface area (Å²) in [7, 11) is 0. The summed E-state index contributed by atoms with van der Waals surface area (Å²) in [6, 6.07) is 0. The van der Waals surface area contributed by atoms with Gasteiger partial charge in [-0.25, -0.2) is 9.97 Å². The third-order valence-corrected chi connectivity index (χ3v) is 2.06. The standard InChI is InChI=1S/C9H11BrN2O/c10-8-6-11-9(12-7-8)4-2-1-3-5-13/h5-7H,1-4H2. The lowest BCUT2D eigenvalue weighted by Gasteiger charge is -1.97. The zero-order chi connectivity index (χ0) is 9.52. The van der Waals surface area contributed by atoms with Crippen LogP contribution in [-0.4, -0.2) is 16.3 Å². The van der Waals surface area contributed by atoms with Crippen LogP contribution in [0, 0.1) is 0 Å². The third-order valence-electron chi connectivity index (χ3n) is 1.65. The Labute approximate surface area is 85.7 Å². The van der Waals surface area contributed by atoms with Crippen LogP contribution in [0.4, 0.5) is 0 Å². The van der Waals surface area contributed by atoms with E-state index in [0.29, 0.717) is 6.42 Å². The smallest absolute Gasteiger partial charge is 0.128 e. The van der Waals surface area contributed by atoms with E-state index in [1.807, 2.05) is 0 Å². The van der Waals surface area contributed by atoms with Gasteiger partial charge in [-0.1, -0.05) is 0 Å². The number of rotatable bonds is 5. The second-order valence-electron chi connectivity index (χ2n) is 2.73. The third kappa shape index (κ3) is 4.12. The van der Waals surface area contributed by atoms with Crippen LogP contribution in [0.15, 0.2) is 16.9 Å². The molecule has 1 aromatic heterocycles. The summed E-state index contributed by atoms with van der Waals surface area (Å²) in [5.74, 6) is 0.842. The fourth-order valence-electron chi connectivity index (χ4n) is 0.979. The number of halogens is 1. The van der Waals surface area contributed by atoms with Gasteiger partial charge in [0, 0.05) is 25.2 Å². The highest BCUT2D eigenvalue weighted by Gasteiger charge is 1.95. The van der Waals surface area contributed by atoms with Crippen molar-refractivity contribution in [3.63, 3.8) is 0 Å². The van der Waals surface area contributed by atoms with E-state index in [2.05, 4.69) is 25.9 Å². The highest BCUT2D eigenvalue weighted by molar-refractivity contribution is 9.10. The highest BCUT2D eigenvalue weighted by atomic mass is 79.9. The van der Waals surface area contributed by atoms with Crippen molar-refractivity contribution < 1.29 is 4.79 Å². The van der Waals surface area contributed by atoms with E-state index in [1.54, 1.807) is 12.4 Å². The molecule has 0 unspecified atom stereocenters. The summed E-state index contributed by atoms with van der Waals surface area (Å²) in [5.41, 5.74) is 0. The molecule has 13 heavy (non-hydrogen) atoms. The molecule has 0 aliphatic rings. The van der Waals surface area contributed by atoms with Crippen LogP contribution < -0.4 is 0 Å². The minimum absolute atomic E-state index is 0.635. The Morgan fingerprint density at radius 2 is 2.00 bits per heavy atom. The van der Waals surface area contributed by atoms with Crippen LogP contribution in [0.25, 0.3) is 0 Å². The molecule has 0 aliphatic heterocycles. The first-order valence-corrected chi connectivity index (χ1v) is 5.02. The molecule has 0 atom stereocenters. The van der Waals surface area contributed by atoms with Crippen molar-refractivity contribution in [2.75, 3.05) is 0 Å². The fourth-order valence-corrected chi connectivity index (χ4v) is 1.18. The van der Waals surface area contributed by atoms with E-state index in [9.17, 15) is 4.79 Å². The summed E-state index contributed by atoms with van der Waals surface area (Å²) in [5, 5.41) is 0. The highest BCUT2D eigenvalue weighted by Crippen LogP contribution is 2.06. The lowest BCUT2D eigenvalue weighted by atomic mass is 10.2. The Morgan fingerprint density at radius 1 is 1.31 bits per heavy atom. The van der Waals surface area contributed by atoms with E-state index in [-0.39, 0.29) is 0 Å². The van der Waals surface area contributed by atoms with Gasteiger partial charge in [-0.15, -0.1) is 0 Å². The maximum absolute atomic E-state index is 10.0. The molecule has 0 saturated heterocycles. The summed E-state index contributed by atoms with van der Waals surface area (Å²) in [6.07, 6.45) is 7.80. The molecule has 0 aliphatic carbocycles. The first-order valence-electron chi connectivity index (χ1n) is 4.23. The predicted molar refractivity (Wildman–Crippen MR) is 53.4 cm³/mol. The molecule has 1 rings (SSSR count). The molecule has 0 radical (unpaired) electrons. The van der Waals surface area contributed by atoms with Gasteiger partial charge in [0.15, 0.2) is 0 Å². The molecule has 1 heterocycles. The molecule has 3 nitrogen and oxygen atoms in total. The Bertz CT molecular complexity index is 261. The number of carbonyl (C=O) groups excluding carboxylic acids is 1. The molecule has 0 aromatic carbocycles. The van der Waals surface area contributed by atoms with Gasteiger partial charge >= 0.3 is 0 Å². The lowest BCUT2D eigenvalue weighted by molar-refractivity contribution is -0.107. The molecule has 70 valence electrons. The van der Waals surface area contributed by atoms with E-state index in [4.69, 9.17) is 0 Å². The number of nitrogens with zero attached hydrogens (tertiary/aromatic N) is 2. The average molecular weight is 243 g/mol. The Balaban J connectivity index is 2.28. The molecular weight excluding hydrogens is 232 g/mol. The van der Waals surface area contributed by atoms with Gasteiger partial charge in [0.2, 0.25) is 0 Å². The minimum Gasteiger partial charge on any atom is -0.303 e. The lowest BCUT2D eigenvalue weighted by Crippen LogP contribution is -1.94. The summed E-state index contributed by atoms with van der Waals surface area (Å²) >= 11 is 3.27. The number of hydrogen-bond donors (Lipinski definition) is 0. The fraction of sp³-hybridized carbons (Fsp3) is 0.444. The maximum Gasteiger partial charge on any atom is 0.128 e. The van der Waals surface area contributed by atoms with Crippen molar-refractivity contribution in [1.29, 1.82) is 0 Å². The van der Waals surface area contributed by atoms with Gasteiger partial charge in [0.1, 0.15) is 12.1 Å². The molecule has 0 amide bonds. The number of hydrogen-bond acceptors (Lipinski definition) is 3. The number of aromatic nitrogens is 2. The van der Waals surface area contributed by atoms with Crippen molar-refractivity contribution in [3.05, 3.63) is 22.7 Å². The molecular formula is C9H11BrN2O. The summed E-state index contributed by atoms with van der Waals surface area (Å²) < 4.78 is 0.893. The van der Waals surface area contributed by atoms with E-state index < -0.39 is 0 Å². The summed E-state index contributed by atoms with van der Waals surface area (Å²) in [4.78, 5) is 18.3. The van der Waals surface area contributed by atoms with E-state index in [1.165, 1.54) is 0 Å². The largest absolute Gasteiger partial charge is 0.303 e. The van der Waals surface area contributed by atoms with Crippen molar-refractivity contribution in [1.82, 2.24) is 9.97 Å². The topological polar surface area (TPSA) is 42.9 Å². The normalized spacial score (nSPS) is 9.92. The molecule has 0 N–H and O–H groups in total. The van der Waals surface area contributed by atoms with Crippen LogP contribution in [0.3, 0.4) is 0 Å². The van der Waals surface area contributed by atoms with Crippen LogP contribution in [0.2, 0.25) is 0 Å². The van der Waals surface area contributed by atoms with Crippen molar-refractivity contribution in [3.8, 4) is 0 Å². The van der Waals surface area contributed by atoms with Crippen LogP contribution in [0.1, 0.15) is 25.1 Å². The number of aryl methyl sites for hydroxylation is 1. The van der Waals surface area contributed by atoms with E-state index >= 15 is 0 Å². The SMILES string of the molecule is O=CCCCCc1ncc(Br)cn1. The molecule has 1 aromatic rings. The Morgan fingerprint density at radius 3 is 2.62 bits per heavy atom. The van der Waals surface area contributed by atoms with Gasteiger partial charge < -0.3 is 4.79 Å². The summed E-state index contributed by atoms with van der Waals surface area (Å²) in [6.45, 7) is 0. The molecule has 0 spiro atoms. The van der Waals surface area contributed by atoms with E-state index in [0.717, 1.165) is 35.8 Å². The molecule has 4 heteroatoms. The number of unbranched alkanes of at least 4 members (excludes halogenated alkanes) is 2. The average Bonchev–Trinajstić information content (AvgIpc) is 2.15. The van der Waals surface area contributed by atoms with Gasteiger partial charge in [-0.05, 0) is 28.8 Å². The molecule has 0 saturated carbocycles. The van der Waals surface area contributed by atoms with Gasteiger partial charge in [-0.2, -0.15) is 0 Å². The number of aldehydes is 1. The van der Waals surface area contributed by atoms with Gasteiger partial charge in [-0.3, -0.25) is 0 Å². The van der Waals surface area contributed by atoms with Crippen LogP contribution in [0.5, 0.6) is 0 Å². The van der Waals surface area contributed by atoms with Crippen LogP contribution in [-0.2, 0) is 11.2 Å². The monoisotopic (exact) mass is 242 g/mol. The molecule has 0 bridgehead atoms. The second-order valence-corrected chi connectivity index (χ2v) is 3.65. The predicted octanol–water partition coefficient (Wildman–Crippen LogP) is 2.15. The quantitative estimate of drug-likeness (QED) is 0.587. The van der Waals surface area contributed by atoms with Crippen molar-refractivity contribution in [2.24, 2.45) is 0 Å². The van der Waals surface area contributed by atoms with Crippen LogP contribution >= 0.6 is 15.9 Å². The van der Waals surface area contributed by atoms with Gasteiger partial charge in [0.05, 0.1) is 4.47 Å². The Kier molecular flexibility index (Phi) is 4.60. The number of carbonyl (C=O) groups is 1. The Hall–Kier alpha value is -0.770. The van der Waals surface area contributed by atoms with Gasteiger partial charge in [0.25, 0.3) is 0 Å². The second kappa shape index (κ2) is 5.80. The first kappa shape index (κ1) is 10.3. The maximum atomic E-state index is 10.0.